The fourth-order valence-electron chi connectivity index (χ4n) is 0.958. The molecule has 0 amide bonds. The fraction of sp³-hybridized carbons (Fsp3) is 0.750. The number of rotatable bonds is 7. The van der Waals surface area contributed by atoms with Crippen molar-refractivity contribution in [1.82, 2.24) is 15.5 Å². The van der Waals surface area contributed by atoms with E-state index in [2.05, 4.69) is 24.7 Å². The number of hydrogen-bond donors (Lipinski definition) is 1. The van der Waals surface area contributed by atoms with Gasteiger partial charge in [0.25, 0.3) is 0 Å². The van der Waals surface area contributed by atoms with Crippen LogP contribution >= 0.6 is 0 Å². The van der Waals surface area contributed by atoms with Crippen molar-refractivity contribution in [3.05, 3.63) is 12.2 Å². The van der Waals surface area contributed by atoms with Gasteiger partial charge in [0.1, 0.15) is 6.61 Å². The lowest BCUT2D eigenvalue weighted by atomic mass is 10.4. The first kappa shape index (κ1) is 12.9. The van der Waals surface area contributed by atoms with Crippen molar-refractivity contribution in [2.24, 2.45) is 0 Å². The molecule has 1 heterocycles. The molecular formula is C8H12F3N3O2. The van der Waals surface area contributed by atoms with Gasteiger partial charge in [-0.05, 0) is 13.0 Å². The van der Waals surface area contributed by atoms with Gasteiger partial charge in [0, 0.05) is 6.61 Å². The minimum absolute atomic E-state index is 0.0682. The first-order valence-corrected chi connectivity index (χ1v) is 4.68. The molecule has 92 valence electrons. The topological polar surface area (TPSA) is 60.2 Å². The zero-order valence-electron chi connectivity index (χ0n) is 8.46. The molecule has 0 saturated heterocycles. The zero-order chi connectivity index (χ0) is 11.9. The molecule has 0 atom stereocenters. The van der Waals surface area contributed by atoms with E-state index in [0.717, 1.165) is 0 Å². The Kier molecular flexibility index (Phi) is 5.20. The van der Waals surface area contributed by atoms with E-state index in [1.165, 1.54) is 6.39 Å². The lowest BCUT2D eigenvalue weighted by molar-refractivity contribution is -0.173. The van der Waals surface area contributed by atoms with E-state index in [9.17, 15) is 13.2 Å². The Bertz CT molecular complexity index is 277. The van der Waals surface area contributed by atoms with Crippen molar-refractivity contribution in [3.8, 4) is 0 Å². The second-order valence-corrected chi connectivity index (χ2v) is 3.05. The van der Waals surface area contributed by atoms with Crippen LogP contribution in [0.25, 0.3) is 0 Å². The van der Waals surface area contributed by atoms with Gasteiger partial charge in [-0.25, -0.2) is 0 Å². The summed E-state index contributed by atoms with van der Waals surface area (Å²) in [6.45, 7) is -0.168. The number of nitrogens with one attached hydrogen (secondary N) is 1. The Hall–Kier alpha value is -1.15. The van der Waals surface area contributed by atoms with E-state index >= 15 is 0 Å². The van der Waals surface area contributed by atoms with Crippen molar-refractivity contribution in [2.45, 2.75) is 19.1 Å². The smallest absolute Gasteiger partial charge is 0.372 e. The lowest BCUT2D eigenvalue weighted by Gasteiger charge is -2.07. The van der Waals surface area contributed by atoms with Crippen LogP contribution in [0.5, 0.6) is 0 Å². The predicted octanol–water partition coefficient (Wildman–Crippen LogP) is 1.13. The van der Waals surface area contributed by atoms with Gasteiger partial charge in [-0.2, -0.15) is 18.2 Å². The normalized spacial score (nSPS) is 11.9. The first-order chi connectivity index (χ1) is 7.58. The number of ether oxygens (including phenoxy) is 1. The average Bonchev–Trinajstić information content (AvgIpc) is 2.67. The van der Waals surface area contributed by atoms with Crippen LogP contribution in [-0.2, 0) is 11.3 Å². The van der Waals surface area contributed by atoms with Gasteiger partial charge in [-0.15, -0.1) is 0 Å². The Balaban J connectivity index is 1.89. The van der Waals surface area contributed by atoms with Crippen LogP contribution in [0.1, 0.15) is 12.2 Å². The number of aromatic nitrogens is 2. The average molecular weight is 239 g/mol. The first-order valence-electron chi connectivity index (χ1n) is 4.68. The van der Waals surface area contributed by atoms with Crippen molar-refractivity contribution in [3.63, 3.8) is 0 Å². The maximum Gasteiger partial charge on any atom is 0.411 e. The molecule has 5 nitrogen and oxygen atoms in total. The van der Waals surface area contributed by atoms with Crippen LogP contribution in [0, 0.1) is 0 Å². The molecule has 0 aliphatic heterocycles. The van der Waals surface area contributed by atoms with E-state index in [1.807, 2.05) is 0 Å². The molecule has 0 aliphatic rings. The molecule has 1 N–H and O–H groups in total. The van der Waals surface area contributed by atoms with Gasteiger partial charge in [0.15, 0.2) is 5.82 Å². The lowest BCUT2D eigenvalue weighted by Crippen LogP contribution is -2.20. The standard InChI is InChI=1S/C8H12F3N3O2/c9-8(10,11)5-15-3-1-2-12-4-7-13-6-16-14-7/h6,12H,1-5H2. The summed E-state index contributed by atoms with van der Waals surface area (Å²) < 4.78 is 43.9. The summed E-state index contributed by atoms with van der Waals surface area (Å²) in [4.78, 5) is 3.76. The summed E-state index contributed by atoms with van der Waals surface area (Å²) in [5.41, 5.74) is 0. The second-order valence-electron chi connectivity index (χ2n) is 3.05. The molecule has 1 rings (SSSR count). The highest BCUT2D eigenvalue weighted by Gasteiger charge is 2.27. The van der Waals surface area contributed by atoms with Crippen molar-refractivity contribution in [1.29, 1.82) is 0 Å². The number of hydrogen-bond acceptors (Lipinski definition) is 5. The molecule has 1 aromatic rings. The maximum absolute atomic E-state index is 11.6. The molecular weight excluding hydrogens is 227 g/mol. The van der Waals surface area contributed by atoms with Crippen LogP contribution in [0.4, 0.5) is 13.2 Å². The highest BCUT2D eigenvalue weighted by atomic mass is 19.4. The predicted molar refractivity (Wildman–Crippen MR) is 47.5 cm³/mol. The van der Waals surface area contributed by atoms with E-state index < -0.39 is 12.8 Å². The molecule has 0 aromatic carbocycles. The molecule has 16 heavy (non-hydrogen) atoms. The van der Waals surface area contributed by atoms with Gasteiger partial charge >= 0.3 is 6.18 Å². The third-order valence-corrected chi connectivity index (χ3v) is 1.60. The molecule has 1 aromatic heterocycles. The molecule has 0 bridgehead atoms. The minimum atomic E-state index is -4.25. The van der Waals surface area contributed by atoms with Crippen molar-refractivity contribution in [2.75, 3.05) is 19.8 Å². The summed E-state index contributed by atoms with van der Waals surface area (Å²) in [5.74, 6) is 0.510. The van der Waals surface area contributed by atoms with E-state index in [-0.39, 0.29) is 6.61 Å². The largest absolute Gasteiger partial charge is 0.411 e. The van der Waals surface area contributed by atoms with Gasteiger partial charge in [-0.1, -0.05) is 5.16 Å². The molecule has 0 aliphatic carbocycles. The van der Waals surface area contributed by atoms with Crippen LogP contribution in [-0.4, -0.2) is 36.1 Å². The molecule has 0 spiro atoms. The second kappa shape index (κ2) is 6.44. The Morgan fingerprint density at radius 1 is 1.44 bits per heavy atom. The molecule has 0 saturated carbocycles. The highest BCUT2D eigenvalue weighted by molar-refractivity contribution is 4.75. The molecule has 0 unspecified atom stereocenters. The molecule has 8 heteroatoms. The van der Waals surface area contributed by atoms with E-state index in [0.29, 0.717) is 25.3 Å². The molecule has 0 fully saturated rings. The Morgan fingerprint density at radius 2 is 2.25 bits per heavy atom. The summed E-state index contributed by atoms with van der Waals surface area (Å²) in [6, 6.07) is 0. The highest BCUT2D eigenvalue weighted by Crippen LogP contribution is 2.14. The van der Waals surface area contributed by atoms with E-state index in [4.69, 9.17) is 0 Å². The third kappa shape index (κ3) is 6.36. The quantitative estimate of drug-likeness (QED) is 0.723. The third-order valence-electron chi connectivity index (χ3n) is 1.60. The minimum Gasteiger partial charge on any atom is -0.372 e. The fourth-order valence-corrected chi connectivity index (χ4v) is 0.958. The van der Waals surface area contributed by atoms with Crippen LogP contribution < -0.4 is 5.32 Å². The summed E-state index contributed by atoms with van der Waals surface area (Å²) in [5, 5.41) is 6.49. The van der Waals surface area contributed by atoms with Gasteiger partial charge < -0.3 is 14.6 Å². The number of halogens is 3. The maximum atomic E-state index is 11.6. The number of alkyl halides is 3. The van der Waals surface area contributed by atoms with Crippen LogP contribution in [0.2, 0.25) is 0 Å². The summed E-state index contributed by atoms with van der Waals surface area (Å²) in [7, 11) is 0. The summed E-state index contributed by atoms with van der Waals surface area (Å²) >= 11 is 0. The van der Waals surface area contributed by atoms with Crippen molar-refractivity contribution >= 4 is 0 Å². The summed E-state index contributed by atoms with van der Waals surface area (Å²) in [6.07, 6.45) is -2.55. The van der Waals surface area contributed by atoms with Gasteiger partial charge in [0.05, 0.1) is 6.54 Å². The van der Waals surface area contributed by atoms with Gasteiger partial charge in [-0.3, -0.25) is 0 Å². The van der Waals surface area contributed by atoms with Crippen molar-refractivity contribution < 1.29 is 22.4 Å². The monoisotopic (exact) mass is 239 g/mol. The SMILES string of the molecule is FC(F)(F)COCCCNCc1ncon1. The molecule has 0 radical (unpaired) electrons. The van der Waals surface area contributed by atoms with Crippen LogP contribution in [0.3, 0.4) is 0 Å². The Labute approximate surface area is 90.0 Å². The van der Waals surface area contributed by atoms with Gasteiger partial charge in [0.2, 0.25) is 6.39 Å². The number of nitrogens with zero attached hydrogens (tertiary/aromatic N) is 2. The van der Waals surface area contributed by atoms with E-state index in [1.54, 1.807) is 0 Å². The Morgan fingerprint density at radius 3 is 2.88 bits per heavy atom. The zero-order valence-corrected chi connectivity index (χ0v) is 8.46. The van der Waals surface area contributed by atoms with Crippen LogP contribution in [0.15, 0.2) is 10.9 Å².